The van der Waals surface area contributed by atoms with Gasteiger partial charge in [0.1, 0.15) is 0 Å². The molecule has 0 spiro atoms. The van der Waals surface area contributed by atoms with E-state index >= 15 is 0 Å². The second kappa shape index (κ2) is 5.26. The van der Waals surface area contributed by atoms with E-state index in [1.165, 1.54) is 0 Å². The molecule has 68 valence electrons. The van der Waals surface area contributed by atoms with Crippen LogP contribution in [-0.2, 0) is 20.9 Å². The smallest absolute Gasteiger partial charge is 0.185 e. The highest BCUT2D eigenvalue weighted by atomic mass is 32.5. The van der Waals surface area contributed by atoms with Crippen LogP contribution in [0.25, 0.3) is 0 Å². The van der Waals surface area contributed by atoms with Gasteiger partial charge < -0.3 is 9.05 Å². The van der Waals surface area contributed by atoms with Crippen LogP contribution >= 0.6 is 6.49 Å². The van der Waals surface area contributed by atoms with Crippen molar-refractivity contribution in [2.24, 2.45) is 0 Å². The molecule has 0 bridgehead atoms. The van der Waals surface area contributed by atoms with Crippen molar-refractivity contribution in [2.75, 3.05) is 13.3 Å². The average Bonchev–Trinajstić information content (AvgIpc) is 1.86. The van der Waals surface area contributed by atoms with Crippen molar-refractivity contribution in [1.29, 1.82) is 0 Å². The lowest BCUT2D eigenvalue weighted by Crippen LogP contribution is -2.05. The number of hydrogen-bond acceptors (Lipinski definition) is 3. The van der Waals surface area contributed by atoms with Crippen LogP contribution in [0.15, 0.2) is 0 Å². The molecule has 0 radical (unpaired) electrons. The maximum atomic E-state index is 5.53. The molecule has 2 nitrogen and oxygen atoms in total. The van der Waals surface area contributed by atoms with E-state index in [1.54, 1.807) is 0 Å². The van der Waals surface area contributed by atoms with Crippen LogP contribution in [0.4, 0.5) is 0 Å². The summed E-state index contributed by atoms with van der Waals surface area (Å²) in [5, 5.41) is 0. The summed E-state index contributed by atoms with van der Waals surface area (Å²) in [6, 6.07) is 0. The predicted molar refractivity (Wildman–Crippen MR) is 52.7 cm³/mol. The first-order valence-corrected chi connectivity index (χ1v) is 7.00. The number of hydrogen-bond donors (Lipinski definition) is 0. The molecule has 0 aromatic rings. The Labute approximate surface area is 74.4 Å². The Morgan fingerprint density at radius 2 is 2.00 bits per heavy atom. The Kier molecular flexibility index (Phi) is 5.53. The Morgan fingerprint density at radius 1 is 1.45 bits per heavy atom. The van der Waals surface area contributed by atoms with E-state index in [4.69, 9.17) is 20.9 Å². The van der Waals surface area contributed by atoms with Gasteiger partial charge in [0, 0.05) is 6.66 Å². The maximum Gasteiger partial charge on any atom is 0.185 e. The molecule has 0 N–H and O–H groups in total. The third-order valence-electron chi connectivity index (χ3n) is 1.31. The zero-order chi connectivity index (χ0) is 8.91. The highest BCUT2D eigenvalue weighted by Gasteiger charge is 2.13. The quantitative estimate of drug-likeness (QED) is 0.630. The maximum absolute atomic E-state index is 5.53. The fraction of sp³-hybridized carbons (Fsp3) is 1.00. The molecule has 0 saturated carbocycles. The van der Waals surface area contributed by atoms with Crippen molar-refractivity contribution < 1.29 is 9.05 Å². The molecule has 0 aromatic heterocycles. The van der Waals surface area contributed by atoms with Crippen molar-refractivity contribution in [1.82, 2.24) is 0 Å². The Balaban J connectivity index is 3.81. The normalized spacial score (nSPS) is 19.3. The summed E-state index contributed by atoms with van der Waals surface area (Å²) in [5.74, 6) is 0. The summed E-state index contributed by atoms with van der Waals surface area (Å²) in [4.78, 5) is 0. The van der Waals surface area contributed by atoms with Crippen molar-refractivity contribution in [2.45, 2.75) is 33.3 Å². The molecule has 0 heterocycles. The van der Waals surface area contributed by atoms with Gasteiger partial charge >= 0.3 is 0 Å². The van der Waals surface area contributed by atoms with Gasteiger partial charge in [0.25, 0.3) is 0 Å². The molecule has 11 heavy (non-hydrogen) atoms. The third-order valence-corrected chi connectivity index (χ3v) is 3.35. The summed E-state index contributed by atoms with van der Waals surface area (Å²) in [7, 11) is 0. The van der Waals surface area contributed by atoms with E-state index in [0.717, 1.165) is 6.42 Å². The van der Waals surface area contributed by atoms with Gasteiger partial charge in [-0.05, 0) is 32.1 Å². The van der Waals surface area contributed by atoms with Gasteiger partial charge in [-0.3, -0.25) is 0 Å². The van der Waals surface area contributed by atoms with Crippen molar-refractivity contribution in [3.05, 3.63) is 0 Å². The molecule has 2 atom stereocenters. The lowest BCUT2D eigenvalue weighted by Gasteiger charge is -2.20. The fourth-order valence-electron chi connectivity index (χ4n) is 0.666. The molecule has 0 amide bonds. The first kappa shape index (κ1) is 11.6. The standard InChI is InChI=1S/C7H17O2PS/c1-5-7(3)9-10(4,11)8-6-2/h7H,5-6H2,1-4H3. The van der Waals surface area contributed by atoms with Gasteiger partial charge in [-0.25, -0.2) is 0 Å². The molecule has 0 aromatic carbocycles. The van der Waals surface area contributed by atoms with E-state index in [-0.39, 0.29) is 6.10 Å². The first-order chi connectivity index (χ1) is 5.02. The zero-order valence-corrected chi connectivity index (χ0v) is 9.37. The second-order valence-electron chi connectivity index (χ2n) is 2.51. The molecule has 0 saturated heterocycles. The van der Waals surface area contributed by atoms with Crippen LogP contribution in [0.1, 0.15) is 27.2 Å². The largest absolute Gasteiger partial charge is 0.330 e. The highest BCUT2D eigenvalue weighted by Crippen LogP contribution is 2.45. The van der Waals surface area contributed by atoms with Crippen LogP contribution in [0.3, 0.4) is 0 Å². The van der Waals surface area contributed by atoms with Gasteiger partial charge in [-0.15, -0.1) is 0 Å². The van der Waals surface area contributed by atoms with Crippen LogP contribution in [0.5, 0.6) is 0 Å². The van der Waals surface area contributed by atoms with Gasteiger partial charge in [0.2, 0.25) is 0 Å². The number of rotatable bonds is 5. The first-order valence-electron chi connectivity index (χ1n) is 3.92. The molecule has 2 unspecified atom stereocenters. The molecule has 0 aliphatic rings. The molecular formula is C7H17O2PS. The summed E-state index contributed by atoms with van der Waals surface area (Å²) >= 11 is 5.15. The molecule has 0 rings (SSSR count). The van der Waals surface area contributed by atoms with E-state index in [9.17, 15) is 0 Å². The summed E-state index contributed by atoms with van der Waals surface area (Å²) in [6.07, 6.45) is 1.21. The van der Waals surface area contributed by atoms with E-state index in [0.29, 0.717) is 6.61 Å². The zero-order valence-electron chi connectivity index (χ0n) is 7.66. The summed E-state index contributed by atoms with van der Waals surface area (Å²) < 4.78 is 10.8. The third kappa shape index (κ3) is 5.80. The highest BCUT2D eigenvalue weighted by molar-refractivity contribution is 8.09. The fourth-order valence-corrected chi connectivity index (χ4v) is 2.76. The van der Waals surface area contributed by atoms with E-state index in [2.05, 4.69) is 6.92 Å². The van der Waals surface area contributed by atoms with Crippen LogP contribution in [0.2, 0.25) is 0 Å². The average molecular weight is 196 g/mol. The predicted octanol–water partition coefficient (Wildman–Crippen LogP) is 2.78. The van der Waals surface area contributed by atoms with Gasteiger partial charge in [-0.2, -0.15) is 0 Å². The van der Waals surface area contributed by atoms with E-state index < -0.39 is 6.49 Å². The molecule has 0 aliphatic carbocycles. The van der Waals surface area contributed by atoms with Crippen LogP contribution < -0.4 is 0 Å². The lowest BCUT2D eigenvalue weighted by atomic mass is 10.3. The van der Waals surface area contributed by atoms with Gasteiger partial charge in [-0.1, -0.05) is 6.92 Å². The minimum absolute atomic E-state index is 0.220. The Bertz CT molecular complexity index is 149. The van der Waals surface area contributed by atoms with Gasteiger partial charge in [0.05, 0.1) is 12.7 Å². The lowest BCUT2D eigenvalue weighted by molar-refractivity contribution is 0.194. The second-order valence-corrected chi connectivity index (χ2v) is 6.51. The molecule has 0 aliphatic heterocycles. The van der Waals surface area contributed by atoms with Crippen molar-refractivity contribution in [3.8, 4) is 0 Å². The Morgan fingerprint density at radius 3 is 2.36 bits per heavy atom. The molecule has 4 heteroatoms. The minimum atomic E-state index is -1.93. The minimum Gasteiger partial charge on any atom is -0.330 e. The molecular weight excluding hydrogens is 179 g/mol. The van der Waals surface area contributed by atoms with E-state index in [1.807, 2.05) is 20.5 Å². The summed E-state index contributed by atoms with van der Waals surface area (Å²) in [6.45, 7) is 6.61. The van der Waals surface area contributed by atoms with Gasteiger partial charge in [0.15, 0.2) is 6.49 Å². The SMILES string of the molecule is CCOP(C)(=S)OC(C)CC. The van der Waals surface area contributed by atoms with Crippen molar-refractivity contribution >= 4 is 18.3 Å². The van der Waals surface area contributed by atoms with Crippen LogP contribution in [0, 0.1) is 0 Å². The Hall–Kier alpha value is 0.570. The molecule has 0 fully saturated rings. The topological polar surface area (TPSA) is 18.5 Å². The monoisotopic (exact) mass is 196 g/mol. The summed E-state index contributed by atoms with van der Waals surface area (Å²) in [5.41, 5.74) is 0. The van der Waals surface area contributed by atoms with Crippen LogP contribution in [-0.4, -0.2) is 19.4 Å². The van der Waals surface area contributed by atoms with Crippen molar-refractivity contribution in [3.63, 3.8) is 0 Å².